The summed E-state index contributed by atoms with van der Waals surface area (Å²) in [6.45, 7) is 4.33. The van der Waals surface area contributed by atoms with Gasteiger partial charge in [0.05, 0.1) is 0 Å². The number of hydrogen-bond donors (Lipinski definition) is 1. The maximum Gasteiger partial charge on any atom is 0.0453 e. The van der Waals surface area contributed by atoms with Crippen LogP contribution in [0.5, 0.6) is 0 Å². The fourth-order valence-corrected chi connectivity index (χ4v) is 2.04. The van der Waals surface area contributed by atoms with Gasteiger partial charge in [-0.3, -0.25) is 4.90 Å². The first-order valence-electron chi connectivity index (χ1n) is 5.76. The number of rotatable bonds is 6. The van der Waals surface area contributed by atoms with Crippen molar-refractivity contribution in [3.05, 3.63) is 34.9 Å². The summed E-state index contributed by atoms with van der Waals surface area (Å²) in [5.74, 6) is 0. The zero-order valence-corrected chi connectivity index (χ0v) is 11.1. The van der Waals surface area contributed by atoms with Gasteiger partial charge in [0.2, 0.25) is 0 Å². The maximum absolute atomic E-state index is 6.19. The smallest absolute Gasteiger partial charge is 0.0453 e. The highest BCUT2D eigenvalue weighted by atomic mass is 35.5. The van der Waals surface area contributed by atoms with Crippen LogP contribution in [0.1, 0.15) is 24.9 Å². The van der Waals surface area contributed by atoms with Gasteiger partial charge < -0.3 is 5.32 Å². The van der Waals surface area contributed by atoms with Crippen molar-refractivity contribution in [1.29, 1.82) is 0 Å². The minimum Gasteiger partial charge on any atom is -0.320 e. The second kappa shape index (κ2) is 6.89. The van der Waals surface area contributed by atoms with Gasteiger partial charge in [0.25, 0.3) is 0 Å². The molecule has 2 nitrogen and oxygen atoms in total. The molecule has 0 heterocycles. The molecule has 0 spiro atoms. The Kier molecular flexibility index (Phi) is 5.81. The molecular weight excluding hydrogens is 220 g/mol. The normalized spacial score (nSPS) is 13.1. The molecule has 0 aromatic heterocycles. The van der Waals surface area contributed by atoms with E-state index < -0.39 is 0 Å². The molecule has 1 rings (SSSR count). The van der Waals surface area contributed by atoms with Gasteiger partial charge in [0.1, 0.15) is 0 Å². The minimum atomic E-state index is 0.366. The van der Waals surface area contributed by atoms with E-state index in [9.17, 15) is 0 Å². The maximum atomic E-state index is 6.19. The van der Waals surface area contributed by atoms with Gasteiger partial charge in [0, 0.05) is 11.1 Å². The van der Waals surface area contributed by atoms with E-state index in [-0.39, 0.29) is 0 Å². The van der Waals surface area contributed by atoms with Crippen molar-refractivity contribution in [2.24, 2.45) is 0 Å². The highest BCUT2D eigenvalue weighted by Crippen LogP contribution is 2.25. The lowest BCUT2D eigenvalue weighted by Gasteiger charge is -2.25. The quantitative estimate of drug-likeness (QED) is 0.770. The standard InChI is InChI=1S/C13H21ClN2/c1-11(16(3)10-6-9-15-2)12-7-4-5-8-13(12)14/h4-5,7-8,11,15H,6,9-10H2,1-3H3. The predicted octanol–water partition coefficient (Wildman–Crippen LogP) is 2.94. The molecule has 3 heteroatoms. The van der Waals surface area contributed by atoms with E-state index in [0.717, 1.165) is 24.5 Å². The molecule has 1 aromatic carbocycles. The van der Waals surface area contributed by atoms with Crippen molar-refractivity contribution >= 4 is 11.6 Å². The third-order valence-electron chi connectivity index (χ3n) is 2.95. The summed E-state index contributed by atoms with van der Waals surface area (Å²) < 4.78 is 0. The Bertz CT molecular complexity index is 315. The topological polar surface area (TPSA) is 15.3 Å². The average molecular weight is 241 g/mol. The fourth-order valence-electron chi connectivity index (χ4n) is 1.75. The van der Waals surface area contributed by atoms with Crippen molar-refractivity contribution in [2.45, 2.75) is 19.4 Å². The van der Waals surface area contributed by atoms with Crippen LogP contribution in [0.2, 0.25) is 5.02 Å². The molecule has 1 aromatic rings. The van der Waals surface area contributed by atoms with Crippen LogP contribution in [0.4, 0.5) is 0 Å². The molecule has 16 heavy (non-hydrogen) atoms. The Balaban J connectivity index is 2.56. The molecule has 90 valence electrons. The molecular formula is C13H21ClN2. The molecule has 0 radical (unpaired) electrons. The van der Waals surface area contributed by atoms with E-state index in [4.69, 9.17) is 11.6 Å². The lowest BCUT2D eigenvalue weighted by molar-refractivity contribution is 0.258. The van der Waals surface area contributed by atoms with Gasteiger partial charge in [-0.2, -0.15) is 0 Å². The van der Waals surface area contributed by atoms with E-state index >= 15 is 0 Å². The number of nitrogens with one attached hydrogen (secondary N) is 1. The lowest BCUT2D eigenvalue weighted by Crippen LogP contribution is -2.26. The van der Waals surface area contributed by atoms with E-state index in [2.05, 4.69) is 30.3 Å². The number of benzene rings is 1. The van der Waals surface area contributed by atoms with E-state index in [1.807, 2.05) is 25.2 Å². The molecule has 0 fully saturated rings. The second-order valence-electron chi connectivity index (χ2n) is 4.14. The first-order valence-corrected chi connectivity index (χ1v) is 6.14. The Hall–Kier alpha value is -0.570. The van der Waals surface area contributed by atoms with Crippen molar-refractivity contribution in [1.82, 2.24) is 10.2 Å². The van der Waals surface area contributed by atoms with Gasteiger partial charge in [-0.05, 0) is 52.2 Å². The van der Waals surface area contributed by atoms with Crippen LogP contribution in [0, 0.1) is 0 Å². The Labute approximate surface area is 104 Å². The summed E-state index contributed by atoms with van der Waals surface area (Å²) in [4.78, 5) is 2.33. The SMILES string of the molecule is CNCCCN(C)C(C)c1ccccc1Cl. The number of halogens is 1. The van der Waals surface area contributed by atoms with Crippen molar-refractivity contribution in [2.75, 3.05) is 27.2 Å². The summed E-state index contributed by atoms with van der Waals surface area (Å²) in [6, 6.07) is 8.43. The zero-order chi connectivity index (χ0) is 12.0. The summed E-state index contributed by atoms with van der Waals surface area (Å²) >= 11 is 6.19. The first kappa shape index (κ1) is 13.5. The second-order valence-corrected chi connectivity index (χ2v) is 4.54. The first-order chi connectivity index (χ1) is 7.66. The Morgan fingerprint density at radius 2 is 2.06 bits per heavy atom. The van der Waals surface area contributed by atoms with Crippen molar-refractivity contribution in [3.8, 4) is 0 Å². The highest BCUT2D eigenvalue weighted by molar-refractivity contribution is 6.31. The lowest BCUT2D eigenvalue weighted by atomic mass is 10.1. The van der Waals surface area contributed by atoms with Crippen LogP contribution in [-0.4, -0.2) is 32.1 Å². The fraction of sp³-hybridized carbons (Fsp3) is 0.538. The average Bonchev–Trinajstić information content (AvgIpc) is 2.29. The predicted molar refractivity (Wildman–Crippen MR) is 71.0 cm³/mol. The third kappa shape index (κ3) is 3.78. The molecule has 0 aliphatic heterocycles. The van der Waals surface area contributed by atoms with E-state index in [0.29, 0.717) is 6.04 Å². The van der Waals surface area contributed by atoms with E-state index in [1.54, 1.807) is 0 Å². The zero-order valence-electron chi connectivity index (χ0n) is 10.3. The van der Waals surface area contributed by atoms with Crippen molar-refractivity contribution < 1.29 is 0 Å². The molecule has 0 bridgehead atoms. The molecule has 1 N–H and O–H groups in total. The summed E-state index contributed by atoms with van der Waals surface area (Å²) in [5, 5.41) is 4.02. The molecule has 0 saturated heterocycles. The molecule has 1 unspecified atom stereocenters. The minimum absolute atomic E-state index is 0.366. The largest absolute Gasteiger partial charge is 0.320 e. The summed E-state index contributed by atoms with van der Waals surface area (Å²) in [7, 11) is 4.13. The van der Waals surface area contributed by atoms with Crippen LogP contribution >= 0.6 is 11.6 Å². The summed E-state index contributed by atoms with van der Waals surface area (Å²) in [6.07, 6.45) is 1.15. The van der Waals surface area contributed by atoms with Crippen LogP contribution in [0.3, 0.4) is 0 Å². The van der Waals surface area contributed by atoms with Gasteiger partial charge in [-0.15, -0.1) is 0 Å². The summed E-state index contributed by atoms with van der Waals surface area (Å²) in [5.41, 5.74) is 1.20. The number of nitrogens with zero attached hydrogens (tertiary/aromatic N) is 1. The van der Waals surface area contributed by atoms with Crippen molar-refractivity contribution in [3.63, 3.8) is 0 Å². The Morgan fingerprint density at radius 1 is 1.38 bits per heavy atom. The van der Waals surface area contributed by atoms with Gasteiger partial charge in [-0.25, -0.2) is 0 Å². The third-order valence-corrected chi connectivity index (χ3v) is 3.30. The van der Waals surface area contributed by atoms with E-state index in [1.165, 1.54) is 5.56 Å². The molecule has 0 amide bonds. The van der Waals surface area contributed by atoms with Gasteiger partial charge in [0.15, 0.2) is 0 Å². The van der Waals surface area contributed by atoms with Crippen LogP contribution in [0.15, 0.2) is 24.3 Å². The monoisotopic (exact) mass is 240 g/mol. The van der Waals surface area contributed by atoms with Crippen LogP contribution in [0.25, 0.3) is 0 Å². The highest BCUT2D eigenvalue weighted by Gasteiger charge is 2.13. The number of hydrogen-bond acceptors (Lipinski definition) is 2. The van der Waals surface area contributed by atoms with Gasteiger partial charge >= 0.3 is 0 Å². The van der Waals surface area contributed by atoms with Crippen LogP contribution < -0.4 is 5.32 Å². The molecule has 0 saturated carbocycles. The Morgan fingerprint density at radius 3 is 2.69 bits per heavy atom. The van der Waals surface area contributed by atoms with Gasteiger partial charge in [-0.1, -0.05) is 29.8 Å². The molecule has 1 atom stereocenters. The van der Waals surface area contributed by atoms with Crippen LogP contribution in [-0.2, 0) is 0 Å². The molecule has 0 aliphatic rings. The molecule has 0 aliphatic carbocycles.